The SMILES string of the molecule is CC(C)C(N)C(CC(N)=S)c1ccc(Cl)c(Cl)c1. The van der Waals surface area contributed by atoms with Crippen LogP contribution in [0.4, 0.5) is 0 Å². The van der Waals surface area contributed by atoms with Gasteiger partial charge in [-0.2, -0.15) is 0 Å². The van der Waals surface area contributed by atoms with Crippen LogP contribution in [0.3, 0.4) is 0 Å². The highest BCUT2D eigenvalue weighted by Crippen LogP contribution is 2.31. The fourth-order valence-corrected chi connectivity index (χ4v) is 2.39. The zero-order valence-corrected chi connectivity index (χ0v) is 12.8. The molecule has 0 fully saturated rings. The van der Waals surface area contributed by atoms with Crippen molar-refractivity contribution in [2.75, 3.05) is 0 Å². The maximum absolute atomic E-state index is 6.24. The first kappa shape index (κ1) is 15.7. The van der Waals surface area contributed by atoms with Gasteiger partial charge in [0, 0.05) is 18.4 Å². The minimum Gasteiger partial charge on any atom is -0.393 e. The van der Waals surface area contributed by atoms with Crippen molar-refractivity contribution in [3.05, 3.63) is 33.8 Å². The fraction of sp³-hybridized carbons (Fsp3) is 0.462. The zero-order valence-electron chi connectivity index (χ0n) is 10.5. The van der Waals surface area contributed by atoms with E-state index >= 15 is 0 Å². The lowest BCUT2D eigenvalue weighted by Crippen LogP contribution is -2.35. The number of hydrogen-bond donors (Lipinski definition) is 2. The molecule has 5 heteroatoms. The van der Waals surface area contributed by atoms with E-state index < -0.39 is 0 Å². The first-order valence-corrected chi connectivity index (χ1v) is 6.98. The Labute approximate surface area is 124 Å². The van der Waals surface area contributed by atoms with E-state index in [9.17, 15) is 0 Å². The molecule has 0 amide bonds. The summed E-state index contributed by atoms with van der Waals surface area (Å²) in [7, 11) is 0. The van der Waals surface area contributed by atoms with Crippen LogP contribution in [0.2, 0.25) is 10.0 Å². The zero-order chi connectivity index (χ0) is 13.9. The molecule has 0 heterocycles. The van der Waals surface area contributed by atoms with E-state index in [2.05, 4.69) is 13.8 Å². The van der Waals surface area contributed by atoms with Crippen molar-refractivity contribution in [3.63, 3.8) is 0 Å². The molecule has 0 spiro atoms. The van der Waals surface area contributed by atoms with E-state index in [1.54, 1.807) is 6.07 Å². The van der Waals surface area contributed by atoms with Crippen LogP contribution in [-0.4, -0.2) is 11.0 Å². The number of rotatable bonds is 5. The van der Waals surface area contributed by atoms with Crippen molar-refractivity contribution < 1.29 is 0 Å². The van der Waals surface area contributed by atoms with Crippen molar-refractivity contribution in [2.24, 2.45) is 17.4 Å². The van der Waals surface area contributed by atoms with Crippen molar-refractivity contribution in [1.82, 2.24) is 0 Å². The van der Waals surface area contributed by atoms with Gasteiger partial charge in [0.2, 0.25) is 0 Å². The third-order valence-corrected chi connectivity index (χ3v) is 3.93. The quantitative estimate of drug-likeness (QED) is 0.815. The summed E-state index contributed by atoms with van der Waals surface area (Å²) in [4.78, 5) is 0.460. The number of nitrogens with two attached hydrogens (primary N) is 2. The van der Waals surface area contributed by atoms with Crippen LogP contribution in [0.25, 0.3) is 0 Å². The predicted molar refractivity (Wildman–Crippen MR) is 83.4 cm³/mol. The van der Waals surface area contributed by atoms with Crippen LogP contribution in [-0.2, 0) is 0 Å². The van der Waals surface area contributed by atoms with Gasteiger partial charge in [-0.15, -0.1) is 0 Å². The minimum atomic E-state index is -0.0243. The molecule has 2 unspecified atom stereocenters. The molecular weight excluding hydrogens is 287 g/mol. The Balaban J connectivity index is 3.08. The number of halogens is 2. The van der Waals surface area contributed by atoms with Gasteiger partial charge in [0.15, 0.2) is 0 Å². The molecule has 0 saturated carbocycles. The molecule has 1 rings (SSSR count). The number of hydrogen-bond acceptors (Lipinski definition) is 2. The van der Waals surface area contributed by atoms with Gasteiger partial charge < -0.3 is 11.5 Å². The molecule has 2 atom stereocenters. The van der Waals surface area contributed by atoms with E-state index in [0.717, 1.165) is 5.56 Å². The smallest absolute Gasteiger partial charge is 0.0734 e. The van der Waals surface area contributed by atoms with E-state index in [-0.39, 0.29) is 12.0 Å². The van der Waals surface area contributed by atoms with Crippen LogP contribution in [0, 0.1) is 5.92 Å². The maximum atomic E-state index is 6.24. The van der Waals surface area contributed by atoms with Crippen LogP contribution in [0.5, 0.6) is 0 Å². The predicted octanol–water partition coefficient (Wildman–Crippen LogP) is 3.74. The Bertz CT molecular complexity index is 435. The first-order chi connectivity index (χ1) is 8.32. The largest absolute Gasteiger partial charge is 0.393 e. The lowest BCUT2D eigenvalue weighted by Gasteiger charge is -2.27. The average Bonchev–Trinajstić information content (AvgIpc) is 2.28. The van der Waals surface area contributed by atoms with Crippen LogP contribution in [0.1, 0.15) is 31.7 Å². The van der Waals surface area contributed by atoms with Gasteiger partial charge in [-0.1, -0.05) is 55.3 Å². The molecule has 18 heavy (non-hydrogen) atoms. The summed E-state index contributed by atoms with van der Waals surface area (Å²) >= 11 is 17.0. The van der Waals surface area contributed by atoms with Crippen LogP contribution >= 0.6 is 35.4 Å². The summed E-state index contributed by atoms with van der Waals surface area (Å²) in [5.41, 5.74) is 12.9. The Kier molecular flexibility index (Phi) is 5.86. The highest BCUT2D eigenvalue weighted by atomic mass is 35.5. The maximum Gasteiger partial charge on any atom is 0.0734 e. The Morgan fingerprint density at radius 3 is 2.33 bits per heavy atom. The van der Waals surface area contributed by atoms with Gasteiger partial charge in [-0.05, 0) is 23.6 Å². The van der Waals surface area contributed by atoms with Gasteiger partial charge >= 0.3 is 0 Å². The van der Waals surface area contributed by atoms with Crippen molar-refractivity contribution in [1.29, 1.82) is 0 Å². The van der Waals surface area contributed by atoms with Crippen molar-refractivity contribution >= 4 is 40.4 Å². The highest BCUT2D eigenvalue weighted by molar-refractivity contribution is 7.80. The highest BCUT2D eigenvalue weighted by Gasteiger charge is 2.23. The Hall–Kier alpha value is -0.350. The van der Waals surface area contributed by atoms with Crippen molar-refractivity contribution in [2.45, 2.75) is 32.2 Å². The summed E-state index contributed by atoms with van der Waals surface area (Å²) < 4.78 is 0. The first-order valence-electron chi connectivity index (χ1n) is 5.81. The van der Waals surface area contributed by atoms with Gasteiger partial charge in [-0.3, -0.25) is 0 Å². The Morgan fingerprint density at radius 1 is 1.28 bits per heavy atom. The monoisotopic (exact) mass is 304 g/mol. The van der Waals surface area contributed by atoms with E-state index in [0.29, 0.717) is 27.4 Å². The van der Waals surface area contributed by atoms with Gasteiger partial charge in [0.1, 0.15) is 0 Å². The molecule has 1 aromatic carbocycles. The lowest BCUT2D eigenvalue weighted by molar-refractivity contribution is 0.423. The second kappa shape index (κ2) is 6.71. The van der Waals surface area contributed by atoms with Crippen LogP contribution in [0.15, 0.2) is 18.2 Å². The molecule has 1 aromatic rings. The van der Waals surface area contributed by atoms with E-state index in [1.165, 1.54) is 0 Å². The second-order valence-corrected chi connectivity index (χ2v) is 6.11. The molecule has 0 aromatic heterocycles. The molecule has 0 aliphatic heterocycles. The van der Waals surface area contributed by atoms with Crippen molar-refractivity contribution in [3.8, 4) is 0 Å². The molecule has 2 nitrogen and oxygen atoms in total. The molecule has 0 aliphatic carbocycles. The average molecular weight is 305 g/mol. The Morgan fingerprint density at radius 2 is 1.89 bits per heavy atom. The third-order valence-electron chi connectivity index (χ3n) is 3.03. The lowest BCUT2D eigenvalue weighted by atomic mass is 9.83. The minimum absolute atomic E-state index is 0.0243. The third kappa shape index (κ3) is 4.09. The summed E-state index contributed by atoms with van der Waals surface area (Å²) in [6.07, 6.45) is 0.576. The van der Waals surface area contributed by atoms with Gasteiger partial charge in [0.05, 0.1) is 15.0 Å². The van der Waals surface area contributed by atoms with E-state index in [1.807, 2.05) is 12.1 Å². The fourth-order valence-electron chi connectivity index (χ4n) is 1.90. The van der Waals surface area contributed by atoms with E-state index in [4.69, 9.17) is 46.9 Å². The second-order valence-electron chi connectivity index (χ2n) is 4.77. The summed E-state index contributed by atoms with van der Waals surface area (Å²) in [5, 5.41) is 1.06. The summed E-state index contributed by atoms with van der Waals surface area (Å²) in [5.74, 6) is 0.399. The topological polar surface area (TPSA) is 52.0 Å². The molecule has 0 aliphatic rings. The summed E-state index contributed by atoms with van der Waals surface area (Å²) in [6.45, 7) is 4.16. The van der Waals surface area contributed by atoms with Gasteiger partial charge in [-0.25, -0.2) is 0 Å². The molecule has 100 valence electrons. The molecule has 0 radical (unpaired) electrons. The molecule has 0 bridgehead atoms. The summed E-state index contributed by atoms with van der Waals surface area (Å²) in [6, 6.07) is 5.52. The normalized spacial score (nSPS) is 14.6. The standard InChI is InChI=1S/C13H18Cl2N2S/c1-7(2)13(17)9(6-12(16)18)8-3-4-10(14)11(15)5-8/h3-5,7,9,13H,6,17H2,1-2H3,(H2,16,18). The number of thiocarbonyl (C=S) groups is 1. The molecule has 0 saturated heterocycles. The number of benzene rings is 1. The van der Waals surface area contributed by atoms with Crippen LogP contribution < -0.4 is 11.5 Å². The van der Waals surface area contributed by atoms with Gasteiger partial charge in [0.25, 0.3) is 0 Å². The molecular formula is C13H18Cl2N2S. The molecule has 4 N–H and O–H groups in total.